The molecule has 0 aliphatic carbocycles. The zero-order chi connectivity index (χ0) is 13.4. The maximum atomic E-state index is 6.03. The van der Waals surface area contributed by atoms with E-state index in [9.17, 15) is 0 Å². The van der Waals surface area contributed by atoms with E-state index in [4.69, 9.17) is 4.74 Å². The fraction of sp³-hybridized carbons (Fsp3) is 0.600. The number of hydrogen-bond acceptors (Lipinski definition) is 3. The van der Waals surface area contributed by atoms with E-state index in [0.29, 0.717) is 6.04 Å². The molecule has 0 radical (unpaired) electrons. The zero-order valence-electron chi connectivity index (χ0n) is 11.9. The molecule has 18 heavy (non-hydrogen) atoms. The molecular weight excluding hydrogens is 242 g/mol. The minimum absolute atomic E-state index is 0.262. The van der Waals surface area contributed by atoms with Gasteiger partial charge in [0, 0.05) is 17.5 Å². The summed E-state index contributed by atoms with van der Waals surface area (Å²) in [6.45, 7) is 7.44. The van der Waals surface area contributed by atoms with Crippen LogP contribution in [0.2, 0.25) is 0 Å². The molecule has 1 aromatic carbocycles. The van der Waals surface area contributed by atoms with E-state index in [1.54, 1.807) is 11.8 Å². The van der Waals surface area contributed by atoms with Gasteiger partial charge < -0.3 is 10.1 Å². The average molecular weight is 267 g/mol. The van der Waals surface area contributed by atoms with Crippen LogP contribution < -0.4 is 10.1 Å². The lowest BCUT2D eigenvalue weighted by molar-refractivity contribution is 0.183. The molecule has 0 saturated carbocycles. The normalized spacial score (nSPS) is 12.7. The van der Waals surface area contributed by atoms with Crippen LogP contribution in [0.5, 0.6) is 5.75 Å². The topological polar surface area (TPSA) is 21.3 Å². The van der Waals surface area contributed by atoms with Crippen molar-refractivity contribution < 1.29 is 4.74 Å². The van der Waals surface area contributed by atoms with Crippen LogP contribution >= 0.6 is 11.8 Å². The van der Waals surface area contributed by atoms with E-state index in [-0.39, 0.29) is 6.10 Å². The first kappa shape index (κ1) is 15.4. The summed E-state index contributed by atoms with van der Waals surface area (Å²) in [7, 11) is 0. The summed E-state index contributed by atoms with van der Waals surface area (Å²) >= 11 is 1.75. The number of ether oxygens (including phenoxy) is 1. The Bertz CT molecular complexity index is 324. The van der Waals surface area contributed by atoms with Gasteiger partial charge in [0.25, 0.3) is 0 Å². The molecule has 0 fully saturated rings. The molecule has 3 heteroatoms. The number of thioether (sulfide) groups is 1. The molecule has 0 aliphatic rings. The van der Waals surface area contributed by atoms with Crippen LogP contribution in [0.4, 0.5) is 0 Å². The number of rotatable bonds is 8. The van der Waals surface area contributed by atoms with Crippen molar-refractivity contribution in [3.05, 3.63) is 24.3 Å². The van der Waals surface area contributed by atoms with Gasteiger partial charge in [-0.2, -0.15) is 0 Å². The second-order valence-electron chi connectivity index (χ2n) is 4.77. The standard InChI is InChI=1S/C15H25NOS/c1-5-6-14(11-16-12(2)3)17-13-7-9-15(18-4)10-8-13/h7-10,12,14,16H,5-6,11H2,1-4H3. The van der Waals surface area contributed by atoms with Crippen LogP contribution in [-0.4, -0.2) is 24.9 Å². The number of nitrogens with one attached hydrogen (secondary N) is 1. The molecular formula is C15H25NOS. The minimum Gasteiger partial charge on any atom is -0.489 e. The molecule has 1 atom stereocenters. The van der Waals surface area contributed by atoms with Gasteiger partial charge in [-0.05, 0) is 36.9 Å². The minimum atomic E-state index is 0.262. The third kappa shape index (κ3) is 5.78. The van der Waals surface area contributed by atoms with Crippen LogP contribution in [-0.2, 0) is 0 Å². The van der Waals surface area contributed by atoms with Crippen molar-refractivity contribution >= 4 is 11.8 Å². The second-order valence-corrected chi connectivity index (χ2v) is 5.65. The van der Waals surface area contributed by atoms with Gasteiger partial charge in [-0.1, -0.05) is 27.2 Å². The molecule has 0 aliphatic heterocycles. The number of benzene rings is 1. The van der Waals surface area contributed by atoms with Crippen LogP contribution in [0.3, 0.4) is 0 Å². The lowest BCUT2D eigenvalue weighted by Crippen LogP contribution is -2.35. The van der Waals surface area contributed by atoms with E-state index in [2.05, 4.69) is 56.6 Å². The highest BCUT2D eigenvalue weighted by Gasteiger charge is 2.10. The Hall–Kier alpha value is -0.670. The highest BCUT2D eigenvalue weighted by molar-refractivity contribution is 7.98. The van der Waals surface area contributed by atoms with Gasteiger partial charge in [0.1, 0.15) is 11.9 Å². The van der Waals surface area contributed by atoms with Crippen molar-refractivity contribution in [1.29, 1.82) is 0 Å². The molecule has 1 unspecified atom stereocenters. The van der Waals surface area contributed by atoms with Crippen molar-refractivity contribution in [3.8, 4) is 5.75 Å². The molecule has 0 aromatic heterocycles. The van der Waals surface area contributed by atoms with Crippen molar-refractivity contribution in [2.24, 2.45) is 0 Å². The quantitative estimate of drug-likeness (QED) is 0.721. The van der Waals surface area contributed by atoms with Crippen molar-refractivity contribution in [2.45, 2.75) is 50.7 Å². The molecule has 0 saturated heterocycles. The van der Waals surface area contributed by atoms with E-state index < -0.39 is 0 Å². The SMILES string of the molecule is CCCC(CNC(C)C)Oc1ccc(SC)cc1. The molecule has 0 heterocycles. The van der Waals surface area contributed by atoms with E-state index in [1.165, 1.54) is 4.90 Å². The molecule has 1 N–H and O–H groups in total. The van der Waals surface area contributed by atoms with Gasteiger partial charge in [-0.3, -0.25) is 0 Å². The molecule has 1 rings (SSSR count). The lowest BCUT2D eigenvalue weighted by atomic mass is 10.2. The third-order valence-corrected chi connectivity index (χ3v) is 3.47. The summed E-state index contributed by atoms with van der Waals surface area (Å²) in [6.07, 6.45) is 4.58. The zero-order valence-corrected chi connectivity index (χ0v) is 12.7. The Labute approximate surface area is 116 Å². The fourth-order valence-electron chi connectivity index (χ4n) is 1.74. The van der Waals surface area contributed by atoms with Crippen LogP contribution in [0.25, 0.3) is 0 Å². The summed E-state index contributed by atoms with van der Waals surface area (Å²) < 4.78 is 6.03. The predicted octanol–water partition coefficient (Wildman–Crippen LogP) is 3.95. The average Bonchev–Trinajstić information content (AvgIpc) is 2.37. The molecule has 0 amide bonds. The Morgan fingerprint density at radius 2 is 1.89 bits per heavy atom. The maximum absolute atomic E-state index is 6.03. The van der Waals surface area contributed by atoms with Crippen molar-refractivity contribution in [1.82, 2.24) is 5.32 Å². The van der Waals surface area contributed by atoms with E-state index in [1.807, 2.05) is 0 Å². The Morgan fingerprint density at radius 1 is 1.22 bits per heavy atom. The second kappa shape index (κ2) is 8.44. The highest BCUT2D eigenvalue weighted by Crippen LogP contribution is 2.20. The summed E-state index contributed by atoms with van der Waals surface area (Å²) in [6, 6.07) is 8.85. The van der Waals surface area contributed by atoms with Gasteiger partial charge in [-0.15, -0.1) is 11.8 Å². The molecule has 1 aromatic rings. The van der Waals surface area contributed by atoms with Gasteiger partial charge in [-0.25, -0.2) is 0 Å². The molecule has 2 nitrogen and oxygen atoms in total. The van der Waals surface area contributed by atoms with Gasteiger partial charge in [0.15, 0.2) is 0 Å². The lowest BCUT2D eigenvalue weighted by Gasteiger charge is -2.20. The summed E-state index contributed by atoms with van der Waals surface area (Å²) in [5, 5.41) is 3.44. The van der Waals surface area contributed by atoms with Gasteiger partial charge >= 0.3 is 0 Å². The first-order chi connectivity index (χ1) is 8.65. The Kier molecular flexibility index (Phi) is 7.21. The summed E-state index contributed by atoms with van der Waals surface area (Å²) in [5.41, 5.74) is 0. The fourth-order valence-corrected chi connectivity index (χ4v) is 2.15. The largest absolute Gasteiger partial charge is 0.489 e. The van der Waals surface area contributed by atoms with Crippen LogP contribution in [0, 0.1) is 0 Å². The predicted molar refractivity (Wildman–Crippen MR) is 80.7 cm³/mol. The molecule has 0 spiro atoms. The highest BCUT2D eigenvalue weighted by atomic mass is 32.2. The molecule has 0 bridgehead atoms. The monoisotopic (exact) mass is 267 g/mol. The van der Waals surface area contributed by atoms with Crippen LogP contribution in [0.1, 0.15) is 33.6 Å². The maximum Gasteiger partial charge on any atom is 0.119 e. The Morgan fingerprint density at radius 3 is 2.39 bits per heavy atom. The van der Waals surface area contributed by atoms with Gasteiger partial charge in [0.05, 0.1) is 0 Å². The van der Waals surface area contributed by atoms with Crippen LogP contribution in [0.15, 0.2) is 29.2 Å². The molecule has 102 valence electrons. The van der Waals surface area contributed by atoms with Crippen molar-refractivity contribution in [3.63, 3.8) is 0 Å². The smallest absolute Gasteiger partial charge is 0.119 e. The summed E-state index contributed by atoms with van der Waals surface area (Å²) in [4.78, 5) is 1.27. The third-order valence-electron chi connectivity index (χ3n) is 2.73. The Balaban J connectivity index is 2.52. The first-order valence-corrected chi connectivity index (χ1v) is 7.92. The van der Waals surface area contributed by atoms with Crippen molar-refractivity contribution in [2.75, 3.05) is 12.8 Å². The van der Waals surface area contributed by atoms with Gasteiger partial charge in [0.2, 0.25) is 0 Å². The first-order valence-electron chi connectivity index (χ1n) is 6.69. The number of hydrogen-bond donors (Lipinski definition) is 1. The van der Waals surface area contributed by atoms with E-state index >= 15 is 0 Å². The van der Waals surface area contributed by atoms with E-state index in [0.717, 1.165) is 25.1 Å². The summed E-state index contributed by atoms with van der Waals surface area (Å²) in [5.74, 6) is 0.969.